The van der Waals surface area contributed by atoms with Gasteiger partial charge in [0.1, 0.15) is 6.61 Å². The third-order valence-electron chi connectivity index (χ3n) is 1.84. The summed E-state index contributed by atoms with van der Waals surface area (Å²) in [6, 6.07) is 4.53. The molecular formula is C11H12ClFN2O2. The van der Waals surface area contributed by atoms with E-state index < -0.39 is 5.82 Å². The highest BCUT2D eigenvalue weighted by atomic mass is 35.5. The van der Waals surface area contributed by atoms with Crippen LogP contribution in [0.25, 0.3) is 0 Å². The molecule has 0 saturated carbocycles. The van der Waals surface area contributed by atoms with Gasteiger partial charge in [-0.05, 0) is 12.1 Å². The van der Waals surface area contributed by atoms with Crippen LogP contribution in [0, 0.1) is 5.82 Å². The van der Waals surface area contributed by atoms with Crippen LogP contribution in [-0.2, 0) is 9.53 Å². The normalized spacial score (nSPS) is 10.5. The first-order chi connectivity index (χ1) is 8.15. The Bertz CT molecular complexity index is 424. The monoisotopic (exact) mass is 258 g/mol. The lowest BCUT2D eigenvalue weighted by Crippen LogP contribution is -2.05. The molecule has 0 saturated heterocycles. The van der Waals surface area contributed by atoms with E-state index in [4.69, 9.17) is 16.3 Å². The molecule has 4 nitrogen and oxygen atoms in total. The molecular weight excluding hydrogens is 247 g/mol. The maximum absolute atomic E-state index is 13.3. The molecule has 0 unspecified atom stereocenters. The zero-order valence-corrected chi connectivity index (χ0v) is 10.00. The average Bonchev–Trinajstić information content (AvgIpc) is 2.33. The maximum atomic E-state index is 13.3. The summed E-state index contributed by atoms with van der Waals surface area (Å²) in [5.41, 5.74) is 2.63. The van der Waals surface area contributed by atoms with Crippen molar-refractivity contribution in [2.75, 3.05) is 12.0 Å². The molecule has 17 heavy (non-hydrogen) atoms. The van der Waals surface area contributed by atoms with Crippen molar-refractivity contribution in [3.63, 3.8) is 0 Å². The summed E-state index contributed by atoms with van der Waals surface area (Å²) in [6.45, 7) is 1.74. The number of halogens is 2. The van der Waals surface area contributed by atoms with Crippen molar-refractivity contribution in [1.29, 1.82) is 0 Å². The summed E-state index contributed by atoms with van der Waals surface area (Å²) >= 11 is 5.58. The van der Waals surface area contributed by atoms with Crippen LogP contribution in [0.3, 0.4) is 0 Å². The highest BCUT2D eigenvalue weighted by Crippen LogP contribution is 2.21. The van der Waals surface area contributed by atoms with Crippen molar-refractivity contribution in [1.82, 2.24) is 0 Å². The number of esters is 1. The highest BCUT2D eigenvalue weighted by molar-refractivity contribution is 6.31. The van der Waals surface area contributed by atoms with Crippen LogP contribution >= 0.6 is 11.6 Å². The standard InChI is InChI=1S/C11H12ClFN2O2/c1-2-10(16)17-7-6-14-15-9-5-3-4-8(12)11(9)13/h3-6,15H,2,7H2,1H3. The number of nitrogens with zero attached hydrogens (tertiary/aromatic N) is 1. The molecule has 6 heteroatoms. The number of hydrogen-bond acceptors (Lipinski definition) is 4. The van der Waals surface area contributed by atoms with E-state index in [-0.39, 0.29) is 23.3 Å². The number of benzene rings is 1. The Hall–Kier alpha value is -1.62. The average molecular weight is 259 g/mol. The molecule has 0 aliphatic heterocycles. The van der Waals surface area contributed by atoms with Gasteiger partial charge in [0.15, 0.2) is 5.82 Å². The Morgan fingerprint density at radius 2 is 2.41 bits per heavy atom. The van der Waals surface area contributed by atoms with Gasteiger partial charge in [-0.25, -0.2) is 4.39 Å². The van der Waals surface area contributed by atoms with Crippen LogP contribution in [-0.4, -0.2) is 18.8 Å². The first-order valence-electron chi connectivity index (χ1n) is 5.02. The minimum atomic E-state index is -0.572. The summed E-state index contributed by atoms with van der Waals surface area (Å²) in [5.74, 6) is -0.887. The summed E-state index contributed by atoms with van der Waals surface area (Å²) in [7, 11) is 0. The molecule has 0 fully saturated rings. The van der Waals surface area contributed by atoms with Crippen molar-refractivity contribution in [3.05, 3.63) is 29.0 Å². The van der Waals surface area contributed by atoms with Crippen LogP contribution in [0.15, 0.2) is 23.3 Å². The van der Waals surface area contributed by atoms with Crippen molar-refractivity contribution in [2.45, 2.75) is 13.3 Å². The van der Waals surface area contributed by atoms with Gasteiger partial charge in [-0.15, -0.1) is 0 Å². The van der Waals surface area contributed by atoms with Gasteiger partial charge < -0.3 is 4.74 Å². The van der Waals surface area contributed by atoms with Crippen LogP contribution in [0.1, 0.15) is 13.3 Å². The molecule has 0 aromatic heterocycles. The van der Waals surface area contributed by atoms with Gasteiger partial charge in [0.2, 0.25) is 0 Å². The Labute approximate surface area is 103 Å². The first-order valence-corrected chi connectivity index (χ1v) is 5.40. The number of hydrogen-bond donors (Lipinski definition) is 1. The molecule has 0 radical (unpaired) electrons. The second kappa shape index (κ2) is 6.85. The number of anilines is 1. The molecule has 0 bridgehead atoms. The van der Waals surface area contributed by atoms with E-state index in [1.807, 2.05) is 0 Å². The number of carbonyl (C=O) groups is 1. The number of ether oxygens (including phenoxy) is 1. The number of rotatable bonds is 5. The quantitative estimate of drug-likeness (QED) is 0.502. The summed E-state index contributed by atoms with van der Waals surface area (Å²) in [4.78, 5) is 10.8. The second-order valence-corrected chi connectivity index (χ2v) is 3.47. The Balaban J connectivity index is 2.42. The summed E-state index contributed by atoms with van der Waals surface area (Å²) in [6.07, 6.45) is 1.64. The van der Waals surface area contributed by atoms with Crippen molar-refractivity contribution in [2.24, 2.45) is 5.10 Å². The van der Waals surface area contributed by atoms with Crippen LogP contribution < -0.4 is 5.43 Å². The highest BCUT2D eigenvalue weighted by Gasteiger charge is 2.04. The molecule has 0 aliphatic carbocycles. The van der Waals surface area contributed by atoms with E-state index in [1.54, 1.807) is 13.0 Å². The zero-order chi connectivity index (χ0) is 12.7. The van der Waals surface area contributed by atoms with Gasteiger partial charge in [-0.1, -0.05) is 24.6 Å². The van der Waals surface area contributed by atoms with Gasteiger partial charge in [-0.3, -0.25) is 10.2 Å². The Kier molecular flexibility index (Phi) is 5.42. The molecule has 1 aromatic carbocycles. The fourth-order valence-corrected chi connectivity index (χ4v) is 1.15. The molecule has 0 amide bonds. The van der Waals surface area contributed by atoms with Crippen molar-refractivity contribution < 1.29 is 13.9 Å². The number of carbonyl (C=O) groups excluding carboxylic acids is 1. The van der Waals surface area contributed by atoms with Gasteiger partial charge in [0.25, 0.3) is 0 Å². The van der Waals surface area contributed by atoms with Crippen LogP contribution in [0.2, 0.25) is 5.02 Å². The maximum Gasteiger partial charge on any atom is 0.305 e. The number of hydrazone groups is 1. The topological polar surface area (TPSA) is 50.7 Å². The third kappa shape index (κ3) is 4.40. The molecule has 1 N–H and O–H groups in total. The lowest BCUT2D eigenvalue weighted by atomic mass is 10.3. The lowest BCUT2D eigenvalue weighted by molar-refractivity contribution is -0.141. The minimum Gasteiger partial charge on any atom is -0.460 e. The van der Waals surface area contributed by atoms with Crippen molar-refractivity contribution >= 4 is 29.5 Å². The van der Waals surface area contributed by atoms with E-state index >= 15 is 0 Å². The molecule has 92 valence electrons. The van der Waals surface area contributed by atoms with E-state index in [0.29, 0.717) is 6.42 Å². The van der Waals surface area contributed by atoms with Crippen molar-refractivity contribution in [3.8, 4) is 0 Å². The minimum absolute atomic E-state index is 0.0163. The van der Waals surface area contributed by atoms with E-state index in [0.717, 1.165) is 0 Å². The zero-order valence-electron chi connectivity index (χ0n) is 9.24. The largest absolute Gasteiger partial charge is 0.460 e. The molecule has 0 aliphatic rings. The molecule has 0 atom stereocenters. The fourth-order valence-electron chi connectivity index (χ4n) is 0.975. The third-order valence-corrected chi connectivity index (χ3v) is 2.13. The predicted octanol–water partition coefficient (Wildman–Crippen LogP) is 2.83. The van der Waals surface area contributed by atoms with Crippen LogP contribution in [0.5, 0.6) is 0 Å². The van der Waals surface area contributed by atoms with E-state index in [1.165, 1.54) is 18.3 Å². The summed E-state index contributed by atoms with van der Waals surface area (Å²) in [5, 5.41) is 3.72. The van der Waals surface area contributed by atoms with Gasteiger partial charge in [0.05, 0.1) is 16.9 Å². The second-order valence-electron chi connectivity index (χ2n) is 3.06. The molecule has 0 heterocycles. The van der Waals surface area contributed by atoms with E-state index in [2.05, 4.69) is 10.5 Å². The van der Waals surface area contributed by atoms with Crippen LogP contribution in [0.4, 0.5) is 10.1 Å². The molecule has 0 spiro atoms. The van der Waals surface area contributed by atoms with Gasteiger partial charge in [0, 0.05) is 6.42 Å². The first kappa shape index (κ1) is 13.4. The van der Waals surface area contributed by atoms with Gasteiger partial charge in [-0.2, -0.15) is 5.10 Å². The SMILES string of the molecule is CCC(=O)OCC=NNc1cccc(Cl)c1F. The predicted molar refractivity (Wildman–Crippen MR) is 64.8 cm³/mol. The molecule has 1 rings (SSSR count). The Morgan fingerprint density at radius 1 is 1.65 bits per heavy atom. The Morgan fingerprint density at radius 3 is 3.12 bits per heavy atom. The fraction of sp³-hybridized carbons (Fsp3) is 0.273. The molecule has 1 aromatic rings. The lowest BCUT2D eigenvalue weighted by Gasteiger charge is -2.03. The summed E-state index contributed by atoms with van der Waals surface area (Å²) < 4.78 is 18.1. The smallest absolute Gasteiger partial charge is 0.305 e. The van der Waals surface area contributed by atoms with Gasteiger partial charge >= 0.3 is 5.97 Å². The number of nitrogens with one attached hydrogen (secondary N) is 1. The van der Waals surface area contributed by atoms with E-state index in [9.17, 15) is 9.18 Å².